The molecule has 202 valence electrons. The minimum atomic E-state index is -0.315. The molecule has 2 aliphatic rings. The molecule has 2 N–H and O–H groups in total. The van der Waals surface area contributed by atoms with Crippen LogP contribution in [-0.2, 0) is 11.4 Å². The van der Waals surface area contributed by atoms with Crippen LogP contribution in [-0.4, -0.2) is 20.0 Å². The third-order valence-electron chi connectivity index (χ3n) is 7.63. The summed E-state index contributed by atoms with van der Waals surface area (Å²) in [5, 5.41) is 7.27. The number of anilines is 2. The molecular weight excluding hydrogens is 500 g/mol. The summed E-state index contributed by atoms with van der Waals surface area (Å²) in [5.74, 6) is 2.24. The number of rotatable bonds is 7. The molecule has 0 radical (unpaired) electrons. The van der Waals surface area contributed by atoms with Crippen molar-refractivity contribution in [2.75, 3.05) is 24.9 Å². The quantitative estimate of drug-likeness (QED) is 0.261. The lowest BCUT2D eigenvalue weighted by Gasteiger charge is -2.30. The van der Waals surface area contributed by atoms with E-state index in [4.69, 9.17) is 14.2 Å². The predicted molar refractivity (Wildman–Crippen MR) is 157 cm³/mol. The molecular formula is C34H32N2O4. The number of fused-ring (bicyclic) bond motifs is 1. The highest BCUT2D eigenvalue weighted by Gasteiger charge is 2.36. The summed E-state index contributed by atoms with van der Waals surface area (Å²) in [4.78, 5) is 13.9. The van der Waals surface area contributed by atoms with Crippen LogP contribution < -0.4 is 24.8 Å². The number of ether oxygens (including phenoxy) is 3. The molecule has 0 spiro atoms. The number of carbonyl (C=O) groups excluding carboxylic acids is 1. The van der Waals surface area contributed by atoms with Crippen molar-refractivity contribution in [1.29, 1.82) is 0 Å². The van der Waals surface area contributed by atoms with Crippen molar-refractivity contribution in [3.8, 4) is 17.2 Å². The normalized spacial score (nSPS) is 18.0. The summed E-state index contributed by atoms with van der Waals surface area (Å²) in [7, 11) is 3.26. The van der Waals surface area contributed by atoms with Crippen LogP contribution in [0.1, 0.15) is 41.5 Å². The van der Waals surface area contributed by atoms with Crippen molar-refractivity contribution in [2.45, 2.75) is 31.4 Å². The Morgan fingerprint density at radius 2 is 1.52 bits per heavy atom. The van der Waals surface area contributed by atoms with Crippen molar-refractivity contribution < 1.29 is 19.0 Å². The molecule has 4 aromatic carbocycles. The van der Waals surface area contributed by atoms with Gasteiger partial charge in [-0.05, 0) is 65.4 Å². The van der Waals surface area contributed by atoms with Gasteiger partial charge in [0.05, 0.1) is 31.6 Å². The fourth-order valence-corrected chi connectivity index (χ4v) is 5.61. The number of carbonyl (C=O) groups is 1. The maximum absolute atomic E-state index is 13.9. The maximum Gasteiger partial charge on any atom is 0.163 e. The molecule has 2 unspecified atom stereocenters. The number of hydrogen-bond acceptors (Lipinski definition) is 6. The molecule has 0 aromatic heterocycles. The largest absolute Gasteiger partial charge is 0.493 e. The first-order valence-corrected chi connectivity index (χ1v) is 13.5. The fourth-order valence-electron chi connectivity index (χ4n) is 5.61. The summed E-state index contributed by atoms with van der Waals surface area (Å²) in [6.45, 7) is 0.479. The van der Waals surface area contributed by atoms with Crippen LogP contribution in [0.15, 0.2) is 108 Å². The Morgan fingerprint density at radius 3 is 2.33 bits per heavy atom. The Morgan fingerprint density at radius 1 is 0.750 bits per heavy atom. The summed E-state index contributed by atoms with van der Waals surface area (Å²) in [6.07, 6.45) is 1.11. The minimum Gasteiger partial charge on any atom is -0.493 e. The first kappa shape index (κ1) is 25.6. The Labute approximate surface area is 234 Å². The van der Waals surface area contributed by atoms with Crippen molar-refractivity contribution in [3.63, 3.8) is 0 Å². The van der Waals surface area contributed by atoms with Crippen molar-refractivity contribution in [3.05, 3.63) is 125 Å². The third-order valence-corrected chi connectivity index (χ3v) is 7.63. The molecule has 4 aromatic rings. The molecule has 1 heterocycles. The van der Waals surface area contributed by atoms with Gasteiger partial charge < -0.3 is 24.8 Å². The third kappa shape index (κ3) is 5.13. The molecule has 40 heavy (non-hydrogen) atoms. The smallest absolute Gasteiger partial charge is 0.163 e. The first-order valence-electron chi connectivity index (χ1n) is 13.5. The van der Waals surface area contributed by atoms with Crippen LogP contribution in [0.4, 0.5) is 11.4 Å². The van der Waals surface area contributed by atoms with Gasteiger partial charge in [-0.15, -0.1) is 0 Å². The Bertz CT molecular complexity index is 1560. The Hall–Kier alpha value is -4.71. The molecule has 0 fully saturated rings. The molecule has 0 saturated heterocycles. The topological polar surface area (TPSA) is 68.8 Å². The standard InChI is InChI=1S/C34H32N2O4/c1-38-31-16-15-23(20-32(31)39-2)25-18-29-33(30(37)19-25)34(36-28-14-7-6-13-27(28)35-29)24-11-8-12-26(17-24)40-21-22-9-4-3-5-10-22/h3-17,20,25,34-36H,18-19,21H2,1-2H3. The van der Waals surface area contributed by atoms with E-state index in [1.165, 1.54) is 0 Å². The molecule has 6 nitrogen and oxygen atoms in total. The summed E-state index contributed by atoms with van der Waals surface area (Å²) in [6, 6.07) is 31.8. The molecule has 1 aliphatic heterocycles. The highest BCUT2D eigenvalue weighted by molar-refractivity contribution is 6.01. The molecule has 0 saturated carbocycles. The second-order valence-corrected chi connectivity index (χ2v) is 10.1. The number of allylic oxidation sites excluding steroid dienone is 1. The van der Waals surface area contributed by atoms with Crippen LogP contribution in [0.5, 0.6) is 17.2 Å². The van der Waals surface area contributed by atoms with E-state index in [1.807, 2.05) is 91.0 Å². The number of Topliss-reactive ketones (excluding diaryl/α,β-unsaturated/α-hetero) is 1. The van der Waals surface area contributed by atoms with Crippen LogP contribution in [0.3, 0.4) is 0 Å². The second kappa shape index (κ2) is 11.2. The number of nitrogens with one attached hydrogen (secondary N) is 2. The monoisotopic (exact) mass is 532 g/mol. The van der Waals surface area contributed by atoms with Gasteiger partial charge in [0.15, 0.2) is 17.3 Å². The van der Waals surface area contributed by atoms with Crippen LogP contribution >= 0.6 is 0 Å². The van der Waals surface area contributed by atoms with Gasteiger partial charge in [-0.1, -0.05) is 60.7 Å². The number of benzene rings is 4. The summed E-state index contributed by atoms with van der Waals surface area (Å²) in [5.41, 5.74) is 6.75. The van der Waals surface area contributed by atoms with Gasteiger partial charge in [-0.2, -0.15) is 0 Å². The fraction of sp³-hybridized carbons (Fsp3) is 0.206. The lowest BCUT2D eigenvalue weighted by atomic mass is 9.78. The van der Waals surface area contributed by atoms with E-state index in [0.717, 1.165) is 45.1 Å². The van der Waals surface area contributed by atoms with Gasteiger partial charge in [0.2, 0.25) is 0 Å². The van der Waals surface area contributed by atoms with E-state index in [2.05, 4.69) is 16.7 Å². The van der Waals surface area contributed by atoms with Gasteiger partial charge in [-0.25, -0.2) is 0 Å². The summed E-state index contributed by atoms with van der Waals surface area (Å²) >= 11 is 0. The SMILES string of the molecule is COc1ccc(C2CC(=O)C3=C(C2)Nc2ccccc2NC3c2cccc(OCc3ccccc3)c2)cc1OC. The highest BCUT2D eigenvalue weighted by atomic mass is 16.5. The van der Waals surface area contributed by atoms with Crippen molar-refractivity contribution >= 4 is 17.2 Å². The Kier molecular flexibility index (Phi) is 7.15. The van der Waals surface area contributed by atoms with Crippen LogP contribution in [0.2, 0.25) is 0 Å². The molecule has 1 aliphatic carbocycles. The number of hydrogen-bond donors (Lipinski definition) is 2. The van der Waals surface area contributed by atoms with Gasteiger partial charge >= 0.3 is 0 Å². The minimum absolute atomic E-state index is 0.0185. The van der Waals surface area contributed by atoms with E-state index < -0.39 is 0 Å². The average molecular weight is 533 g/mol. The molecule has 0 bridgehead atoms. The van der Waals surface area contributed by atoms with E-state index >= 15 is 0 Å². The number of para-hydroxylation sites is 2. The van der Waals surface area contributed by atoms with Gasteiger partial charge in [0, 0.05) is 17.7 Å². The Balaban J connectivity index is 1.35. The van der Waals surface area contributed by atoms with E-state index in [1.54, 1.807) is 14.2 Å². The maximum atomic E-state index is 13.9. The molecule has 6 heteroatoms. The van der Waals surface area contributed by atoms with Gasteiger partial charge in [-0.3, -0.25) is 4.79 Å². The zero-order valence-corrected chi connectivity index (χ0v) is 22.6. The van der Waals surface area contributed by atoms with E-state index in [9.17, 15) is 4.79 Å². The number of ketones is 1. The van der Waals surface area contributed by atoms with Crippen LogP contribution in [0.25, 0.3) is 0 Å². The predicted octanol–water partition coefficient (Wildman–Crippen LogP) is 7.26. The lowest BCUT2D eigenvalue weighted by molar-refractivity contribution is -0.116. The first-order chi connectivity index (χ1) is 19.6. The lowest BCUT2D eigenvalue weighted by Crippen LogP contribution is -2.27. The average Bonchev–Trinajstić information content (AvgIpc) is 3.17. The molecule has 2 atom stereocenters. The van der Waals surface area contributed by atoms with Gasteiger partial charge in [0.25, 0.3) is 0 Å². The van der Waals surface area contributed by atoms with Crippen molar-refractivity contribution in [2.24, 2.45) is 0 Å². The molecule has 0 amide bonds. The van der Waals surface area contributed by atoms with Crippen molar-refractivity contribution in [1.82, 2.24) is 0 Å². The second-order valence-electron chi connectivity index (χ2n) is 10.1. The summed E-state index contributed by atoms with van der Waals surface area (Å²) < 4.78 is 17.1. The number of methoxy groups -OCH3 is 2. The van der Waals surface area contributed by atoms with E-state index in [-0.39, 0.29) is 17.7 Å². The van der Waals surface area contributed by atoms with Gasteiger partial charge in [0.1, 0.15) is 12.4 Å². The highest BCUT2D eigenvalue weighted by Crippen LogP contribution is 2.45. The molecule has 6 rings (SSSR count). The van der Waals surface area contributed by atoms with E-state index in [0.29, 0.717) is 30.9 Å². The zero-order valence-electron chi connectivity index (χ0n) is 22.6. The zero-order chi connectivity index (χ0) is 27.5. The van der Waals surface area contributed by atoms with Crippen LogP contribution in [0, 0.1) is 0 Å².